The lowest BCUT2D eigenvalue weighted by Gasteiger charge is -2.29. The Hall–Kier alpha value is -3.98. The van der Waals surface area contributed by atoms with Gasteiger partial charge < -0.3 is 14.4 Å². The maximum Gasteiger partial charge on any atom is 0.118 e. The maximum atomic E-state index is 5.40. The topological polar surface area (TPSA) is 21.7 Å². The van der Waals surface area contributed by atoms with Crippen molar-refractivity contribution in [3.05, 3.63) is 131 Å². The van der Waals surface area contributed by atoms with E-state index in [-0.39, 0.29) is 0 Å². The number of hydrogen-bond acceptors (Lipinski definition) is 3. The molecule has 0 radical (unpaired) electrons. The van der Waals surface area contributed by atoms with E-state index < -0.39 is 0 Å². The first-order valence-electron chi connectivity index (χ1n) is 11.1. The highest BCUT2D eigenvalue weighted by molar-refractivity contribution is 5.80. The summed E-state index contributed by atoms with van der Waals surface area (Å²) in [5.41, 5.74) is 5.94. The highest BCUT2D eigenvalue weighted by atomic mass is 16.5. The quantitative estimate of drug-likeness (QED) is 0.267. The molecule has 166 valence electrons. The van der Waals surface area contributed by atoms with Crippen molar-refractivity contribution in [2.75, 3.05) is 14.2 Å². The lowest BCUT2D eigenvalue weighted by Crippen LogP contribution is -2.21. The molecule has 4 aromatic carbocycles. The van der Waals surface area contributed by atoms with Crippen LogP contribution < -0.4 is 9.47 Å². The van der Waals surface area contributed by atoms with Gasteiger partial charge in [-0.3, -0.25) is 0 Å². The summed E-state index contributed by atoms with van der Waals surface area (Å²) in [4.78, 5) is 2.43. The predicted molar refractivity (Wildman–Crippen MR) is 136 cm³/mol. The third-order valence-electron chi connectivity index (χ3n) is 5.58. The van der Waals surface area contributed by atoms with Crippen molar-refractivity contribution in [1.82, 2.24) is 4.90 Å². The summed E-state index contributed by atoms with van der Waals surface area (Å²) in [6, 6.07) is 37.6. The SMILES string of the molecule is COc1ccc(/C=C(\c2ccc(OC)cc2)N(Cc2ccccc2)Cc2ccccc2)cc1. The summed E-state index contributed by atoms with van der Waals surface area (Å²) in [5.74, 6) is 1.70. The van der Waals surface area contributed by atoms with Crippen molar-refractivity contribution in [1.29, 1.82) is 0 Å². The van der Waals surface area contributed by atoms with E-state index in [0.29, 0.717) is 0 Å². The van der Waals surface area contributed by atoms with Crippen LogP contribution in [-0.2, 0) is 13.1 Å². The van der Waals surface area contributed by atoms with Gasteiger partial charge in [0.2, 0.25) is 0 Å². The van der Waals surface area contributed by atoms with Crippen molar-refractivity contribution in [2.24, 2.45) is 0 Å². The minimum atomic E-state index is 0.795. The van der Waals surface area contributed by atoms with Crippen LogP contribution in [0.1, 0.15) is 22.3 Å². The maximum absolute atomic E-state index is 5.40. The molecule has 0 aliphatic rings. The van der Waals surface area contributed by atoms with Gasteiger partial charge in [-0.2, -0.15) is 0 Å². The summed E-state index contributed by atoms with van der Waals surface area (Å²) in [6.45, 7) is 1.59. The molecule has 0 saturated carbocycles. The van der Waals surface area contributed by atoms with Crippen molar-refractivity contribution in [3.8, 4) is 11.5 Å². The van der Waals surface area contributed by atoms with Crippen LogP contribution in [0.25, 0.3) is 11.8 Å². The van der Waals surface area contributed by atoms with Crippen LogP contribution in [0, 0.1) is 0 Å². The Labute approximate surface area is 196 Å². The Morgan fingerprint density at radius 1 is 0.606 bits per heavy atom. The molecule has 0 aliphatic carbocycles. The molecule has 0 aromatic heterocycles. The van der Waals surface area contributed by atoms with Gasteiger partial charge in [-0.05, 0) is 64.7 Å². The molecule has 0 aliphatic heterocycles. The first-order valence-corrected chi connectivity index (χ1v) is 11.1. The molecule has 0 amide bonds. The zero-order chi connectivity index (χ0) is 22.9. The fourth-order valence-electron chi connectivity index (χ4n) is 3.81. The Kier molecular flexibility index (Phi) is 7.44. The second kappa shape index (κ2) is 11.1. The summed E-state index contributed by atoms with van der Waals surface area (Å²) < 4.78 is 10.7. The summed E-state index contributed by atoms with van der Waals surface area (Å²) in [7, 11) is 3.38. The van der Waals surface area contributed by atoms with Gasteiger partial charge in [0.25, 0.3) is 0 Å². The van der Waals surface area contributed by atoms with Crippen LogP contribution in [0.15, 0.2) is 109 Å². The summed E-state index contributed by atoms with van der Waals surface area (Å²) in [6.07, 6.45) is 2.24. The fourth-order valence-corrected chi connectivity index (χ4v) is 3.81. The minimum absolute atomic E-state index is 0.795. The lowest BCUT2D eigenvalue weighted by atomic mass is 10.0. The van der Waals surface area contributed by atoms with Gasteiger partial charge in [0.05, 0.1) is 14.2 Å². The average Bonchev–Trinajstić information content (AvgIpc) is 2.88. The number of rotatable bonds is 9. The normalized spacial score (nSPS) is 11.2. The molecule has 0 heterocycles. The largest absolute Gasteiger partial charge is 0.497 e. The fraction of sp³-hybridized carbons (Fsp3) is 0.133. The van der Waals surface area contributed by atoms with Crippen LogP contribution in [-0.4, -0.2) is 19.1 Å². The van der Waals surface area contributed by atoms with Crippen molar-refractivity contribution >= 4 is 11.8 Å². The van der Waals surface area contributed by atoms with Crippen LogP contribution >= 0.6 is 0 Å². The van der Waals surface area contributed by atoms with Gasteiger partial charge in [-0.1, -0.05) is 72.8 Å². The molecule has 0 fully saturated rings. The third-order valence-corrected chi connectivity index (χ3v) is 5.58. The molecular weight excluding hydrogens is 406 g/mol. The number of nitrogens with zero attached hydrogens (tertiary/aromatic N) is 1. The van der Waals surface area contributed by atoms with E-state index in [1.54, 1.807) is 14.2 Å². The standard InChI is InChI=1S/C30H29NO2/c1-32-28-17-13-24(14-18-28)21-30(27-15-19-29(33-2)20-16-27)31(22-25-9-5-3-6-10-25)23-26-11-7-4-8-12-26/h3-21H,22-23H2,1-2H3/b30-21+. The number of benzene rings is 4. The molecule has 0 atom stereocenters. The molecule has 33 heavy (non-hydrogen) atoms. The predicted octanol–water partition coefficient (Wildman–Crippen LogP) is 6.90. The van der Waals surface area contributed by atoms with Crippen LogP contribution in [0.4, 0.5) is 0 Å². The van der Waals surface area contributed by atoms with Gasteiger partial charge >= 0.3 is 0 Å². The average molecular weight is 436 g/mol. The lowest BCUT2D eigenvalue weighted by molar-refractivity contribution is 0.385. The second-order valence-electron chi connectivity index (χ2n) is 7.86. The van der Waals surface area contributed by atoms with E-state index in [0.717, 1.165) is 41.4 Å². The zero-order valence-electron chi connectivity index (χ0n) is 19.1. The Morgan fingerprint density at radius 3 is 1.52 bits per heavy atom. The molecule has 0 saturated heterocycles. The van der Waals surface area contributed by atoms with E-state index in [4.69, 9.17) is 9.47 Å². The summed E-state index contributed by atoms with van der Waals surface area (Å²) >= 11 is 0. The first-order chi connectivity index (χ1) is 16.2. The molecule has 0 spiro atoms. The zero-order valence-corrected chi connectivity index (χ0v) is 19.1. The van der Waals surface area contributed by atoms with Crippen molar-refractivity contribution < 1.29 is 9.47 Å². The van der Waals surface area contributed by atoms with E-state index in [1.807, 2.05) is 24.3 Å². The monoisotopic (exact) mass is 435 g/mol. The smallest absolute Gasteiger partial charge is 0.118 e. The highest BCUT2D eigenvalue weighted by Crippen LogP contribution is 2.28. The van der Waals surface area contributed by atoms with Crippen molar-refractivity contribution in [2.45, 2.75) is 13.1 Å². The van der Waals surface area contributed by atoms with Gasteiger partial charge in [0.1, 0.15) is 11.5 Å². The van der Waals surface area contributed by atoms with E-state index >= 15 is 0 Å². The number of methoxy groups -OCH3 is 2. The van der Waals surface area contributed by atoms with E-state index in [1.165, 1.54) is 11.1 Å². The molecule has 4 aromatic rings. The summed E-state index contributed by atoms with van der Waals surface area (Å²) in [5, 5.41) is 0. The van der Waals surface area contributed by atoms with Crippen LogP contribution in [0.3, 0.4) is 0 Å². The third kappa shape index (κ3) is 6.05. The number of hydrogen-bond donors (Lipinski definition) is 0. The Morgan fingerprint density at radius 2 is 1.06 bits per heavy atom. The van der Waals surface area contributed by atoms with E-state index in [9.17, 15) is 0 Å². The highest BCUT2D eigenvalue weighted by Gasteiger charge is 2.14. The first kappa shape index (κ1) is 22.2. The molecule has 0 unspecified atom stereocenters. The molecule has 3 nitrogen and oxygen atoms in total. The number of ether oxygens (including phenoxy) is 2. The van der Waals surface area contributed by atoms with Gasteiger partial charge in [-0.25, -0.2) is 0 Å². The van der Waals surface area contributed by atoms with Gasteiger partial charge in [-0.15, -0.1) is 0 Å². The molecule has 4 rings (SSSR count). The molecule has 3 heteroatoms. The van der Waals surface area contributed by atoms with E-state index in [2.05, 4.69) is 95.9 Å². The molecule has 0 N–H and O–H groups in total. The van der Waals surface area contributed by atoms with Crippen LogP contribution in [0.2, 0.25) is 0 Å². The van der Waals surface area contributed by atoms with Crippen LogP contribution in [0.5, 0.6) is 11.5 Å². The Balaban J connectivity index is 1.78. The van der Waals surface area contributed by atoms with Crippen molar-refractivity contribution in [3.63, 3.8) is 0 Å². The Bertz CT molecular complexity index is 1110. The van der Waals surface area contributed by atoms with Gasteiger partial charge in [0, 0.05) is 18.8 Å². The van der Waals surface area contributed by atoms with Gasteiger partial charge in [0.15, 0.2) is 0 Å². The molecular formula is C30H29NO2. The minimum Gasteiger partial charge on any atom is -0.497 e. The second-order valence-corrected chi connectivity index (χ2v) is 7.86. The molecule has 0 bridgehead atoms.